The van der Waals surface area contributed by atoms with Gasteiger partial charge in [-0.25, -0.2) is 0 Å². The van der Waals surface area contributed by atoms with E-state index in [4.69, 9.17) is 5.73 Å². The van der Waals surface area contributed by atoms with E-state index in [1.165, 1.54) is 5.56 Å². The van der Waals surface area contributed by atoms with E-state index in [1.807, 2.05) is 0 Å². The molecule has 0 saturated heterocycles. The lowest BCUT2D eigenvalue weighted by atomic mass is 10.00. The van der Waals surface area contributed by atoms with Crippen LogP contribution < -0.4 is 5.73 Å². The van der Waals surface area contributed by atoms with Crippen molar-refractivity contribution in [3.05, 3.63) is 22.4 Å². The molecular weight excluding hydrogens is 204 g/mol. The maximum atomic E-state index is 6.12. The van der Waals surface area contributed by atoms with Crippen LogP contribution in [0.4, 0.5) is 0 Å². The molecular formula is C12H22N2S. The second-order valence-corrected chi connectivity index (χ2v) is 5.16. The molecule has 0 bridgehead atoms. The van der Waals surface area contributed by atoms with Gasteiger partial charge in [-0.05, 0) is 35.4 Å². The van der Waals surface area contributed by atoms with Gasteiger partial charge in [-0.1, -0.05) is 20.3 Å². The predicted octanol–water partition coefficient (Wildman–Crippen LogP) is 2.55. The van der Waals surface area contributed by atoms with Gasteiger partial charge in [-0.15, -0.1) is 0 Å². The molecule has 15 heavy (non-hydrogen) atoms. The molecule has 2 unspecified atom stereocenters. The Morgan fingerprint density at radius 2 is 2.27 bits per heavy atom. The number of likely N-dealkylation sites (N-methyl/N-ethyl adjacent to an activating group) is 1. The Bertz CT molecular complexity index is 259. The van der Waals surface area contributed by atoms with Crippen LogP contribution in [0.3, 0.4) is 0 Å². The minimum Gasteiger partial charge on any atom is -0.326 e. The average Bonchev–Trinajstić information content (AvgIpc) is 2.68. The molecule has 2 N–H and O–H groups in total. The molecule has 0 aliphatic rings. The number of nitrogens with zero attached hydrogens (tertiary/aromatic N) is 1. The van der Waals surface area contributed by atoms with Gasteiger partial charge in [0, 0.05) is 19.1 Å². The zero-order chi connectivity index (χ0) is 11.3. The fraction of sp³-hybridized carbons (Fsp3) is 0.667. The Labute approximate surface area is 97.1 Å². The van der Waals surface area contributed by atoms with E-state index >= 15 is 0 Å². The normalized spacial score (nSPS) is 15.5. The van der Waals surface area contributed by atoms with Crippen molar-refractivity contribution in [2.75, 3.05) is 13.6 Å². The number of hydrogen-bond acceptors (Lipinski definition) is 3. The van der Waals surface area contributed by atoms with E-state index in [-0.39, 0.29) is 0 Å². The second kappa shape index (κ2) is 6.26. The molecule has 2 atom stereocenters. The summed E-state index contributed by atoms with van der Waals surface area (Å²) in [6.45, 7) is 6.41. The minimum absolute atomic E-state index is 0.290. The number of hydrogen-bond donors (Lipinski definition) is 1. The van der Waals surface area contributed by atoms with Gasteiger partial charge < -0.3 is 10.6 Å². The fourth-order valence-electron chi connectivity index (χ4n) is 1.60. The predicted molar refractivity (Wildman–Crippen MR) is 68.1 cm³/mol. The summed E-state index contributed by atoms with van der Waals surface area (Å²) in [6.07, 6.45) is 1.16. The molecule has 1 aromatic rings. The maximum absolute atomic E-state index is 6.12. The molecule has 1 heterocycles. The van der Waals surface area contributed by atoms with Crippen molar-refractivity contribution in [2.45, 2.75) is 32.9 Å². The van der Waals surface area contributed by atoms with Gasteiger partial charge in [0.15, 0.2) is 0 Å². The molecule has 1 rings (SSSR count). The summed E-state index contributed by atoms with van der Waals surface area (Å²) in [5.74, 6) is 0.606. The first kappa shape index (κ1) is 12.7. The van der Waals surface area contributed by atoms with E-state index < -0.39 is 0 Å². The average molecular weight is 226 g/mol. The first-order chi connectivity index (χ1) is 7.13. The highest BCUT2D eigenvalue weighted by atomic mass is 32.1. The topological polar surface area (TPSA) is 29.3 Å². The van der Waals surface area contributed by atoms with E-state index in [0.717, 1.165) is 19.5 Å². The van der Waals surface area contributed by atoms with Crippen LogP contribution in [0.1, 0.15) is 25.8 Å². The molecule has 0 amide bonds. The summed E-state index contributed by atoms with van der Waals surface area (Å²) in [6, 6.07) is 2.47. The van der Waals surface area contributed by atoms with Crippen molar-refractivity contribution in [3.8, 4) is 0 Å². The van der Waals surface area contributed by atoms with Gasteiger partial charge in [0.25, 0.3) is 0 Å². The summed E-state index contributed by atoms with van der Waals surface area (Å²) in [4.78, 5) is 2.30. The van der Waals surface area contributed by atoms with Crippen molar-refractivity contribution < 1.29 is 0 Å². The summed E-state index contributed by atoms with van der Waals surface area (Å²) in [5, 5.41) is 4.32. The van der Waals surface area contributed by atoms with Gasteiger partial charge in [-0.3, -0.25) is 0 Å². The van der Waals surface area contributed by atoms with Crippen LogP contribution in [-0.2, 0) is 6.54 Å². The zero-order valence-electron chi connectivity index (χ0n) is 9.94. The lowest BCUT2D eigenvalue weighted by Crippen LogP contribution is -2.39. The van der Waals surface area contributed by atoms with Crippen molar-refractivity contribution in [1.29, 1.82) is 0 Å². The molecule has 0 aliphatic heterocycles. The highest BCUT2D eigenvalue weighted by Gasteiger charge is 2.13. The standard InChI is InChI=1S/C12H22N2S/c1-4-10(2)12(13)8-14(3)7-11-5-6-15-9-11/h5-6,9-10,12H,4,7-8,13H2,1-3H3. The Morgan fingerprint density at radius 1 is 1.53 bits per heavy atom. The minimum atomic E-state index is 0.290. The van der Waals surface area contributed by atoms with Gasteiger partial charge in [-0.2, -0.15) is 11.3 Å². The Hall–Kier alpha value is -0.380. The van der Waals surface area contributed by atoms with Crippen molar-refractivity contribution in [1.82, 2.24) is 4.90 Å². The van der Waals surface area contributed by atoms with Crippen molar-refractivity contribution >= 4 is 11.3 Å². The first-order valence-electron chi connectivity index (χ1n) is 5.58. The molecule has 0 saturated carbocycles. The molecule has 86 valence electrons. The third-order valence-electron chi connectivity index (χ3n) is 2.93. The molecule has 0 fully saturated rings. The monoisotopic (exact) mass is 226 g/mol. The first-order valence-corrected chi connectivity index (χ1v) is 6.53. The summed E-state index contributed by atoms with van der Waals surface area (Å²) in [5.41, 5.74) is 7.51. The lowest BCUT2D eigenvalue weighted by molar-refractivity contribution is 0.268. The van der Waals surface area contributed by atoms with Crippen LogP contribution in [0, 0.1) is 5.92 Å². The highest BCUT2D eigenvalue weighted by molar-refractivity contribution is 7.07. The molecule has 0 aliphatic carbocycles. The molecule has 2 nitrogen and oxygen atoms in total. The number of nitrogens with two attached hydrogens (primary N) is 1. The summed E-state index contributed by atoms with van der Waals surface area (Å²) >= 11 is 1.75. The molecule has 0 spiro atoms. The largest absolute Gasteiger partial charge is 0.326 e. The molecule has 3 heteroatoms. The van der Waals surface area contributed by atoms with E-state index in [2.05, 4.69) is 42.6 Å². The lowest BCUT2D eigenvalue weighted by Gasteiger charge is -2.24. The SMILES string of the molecule is CCC(C)C(N)CN(C)Cc1ccsc1. The Kier molecular flexibility index (Phi) is 5.29. The molecule has 0 radical (unpaired) electrons. The van der Waals surface area contributed by atoms with Crippen LogP contribution in [0.25, 0.3) is 0 Å². The van der Waals surface area contributed by atoms with E-state index in [0.29, 0.717) is 12.0 Å². The highest BCUT2D eigenvalue weighted by Crippen LogP contribution is 2.11. The Balaban J connectivity index is 2.32. The molecule has 0 aromatic carbocycles. The number of rotatable bonds is 6. The number of thiophene rings is 1. The molecule has 1 aromatic heterocycles. The van der Waals surface area contributed by atoms with Gasteiger partial charge in [0.05, 0.1) is 0 Å². The van der Waals surface area contributed by atoms with Crippen LogP contribution in [0.5, 0.6) is 0 Å². The summed E-state index contributed by atoms with van der Waals surface area (Å²) < 4.78 is 0. The quantitative estimate of drug-likeness (QED) is 0.808. The van der Waals surface area contributed by atoms with Crippen molar-refractivity contribution in [3.63, 3.8) is 0 Å². The van der Waals surface area contributed by atoms with Crippen molar-refractivity contribution in [2.24, 2.45) is 11.7 Å². The van der Waals surface area contributed by atoms with Crippen LogP contribution in [0.15, 0.2) is 16.8 Å². The van der Waals surface area contributed by atoms with Crippen LogP contribution >= 0.6 is 11.3 Å². The van der Waals surface area contributed by atoms with Gasteiger partial charge >= 0.3 is 0 Å². The summed E-state index contributed by atoms with van der Waals surface area (Å²) in [7, 11) is 2.14. The zero-order valence-corrected chi connectivity index (χ0v) is 10.8. The third-order valence-corrected chi connectivity index (χ3v) is 3.66. The van der Waals surface area contributed by atoms with Crippen LogP contribution in [-0.4, -0.2) is 24.5 Å². The third kappa shape index (κ3) is 4.33. The maximum Gasteiger partial charge on any atom is 0.0239 e. The smallest absolute Gasteiger partial charge is 0.0239 e. The van der Waals surface area contributed by atoms with Crippen LogP contribution in [0.2, 0.25) is 0 Å². The van der Waals surface area contributed by atoms with E-state index in [1.54, 1.807) is 11.3 Å². The fourth-order valence-corrected chi connectivity index (χ4v) is 2.26. The van der Waals surface area contributed by atoms with Gasteiger partial charge in [0.2, 0.25) is 0 Å². The Morgan fingerprint density at radius 3 is 2.80 bits per heavy atom. The van der Waals surface area contributed by atoms with Gasteiger partial charge in [0.1, 0.15) is 0 Å². The second-order valence-electron chi connectivity index (χ2n) is 4.38. The van der Waals surface area contributed by atoms with E-state index in [9.17, 15) is 0 Å².